The Hall–Kier alpha value is -2.73. The van der Waals surface area contributed by atoms with Gasteiger partial charge in [0.05, 0.1) is 10.8 Å². The number of hydrogen-bond acceptors (Lipinski definition) is 5. The van der Waals surface area contributed by atoms with Gasteiger partial charge in [0.15, 0.2) is 5.78 Å². The van der Waals surface area contributed by atoms with E-state index in [0.717, 1.165) is 10.6 Å². The summed E-state index contributed by atoms with van der Waals surface area (Å²) in [6.45, 7) is 1.91. The highest BCUT2D eigenvalue weighted by Crippen LogP contribution is 2.39. The van der Waals surface area contributed by atoms with Crippen molar-refractivity contribution >= 4 is 34.1 Å². The van der Waals surface area contributed by atoms with Crippen LogP contribution >= 0.6 is 11.8 Å². The largest absolute Gasteiger partial charge is 0.506 e. The molecule has 0 aliphatic carbocycles. The van der Waals surface area contributed by atoms with Gasteiger partial charge in [-0.2, -0.15) is 0 Å². The Balaban J connectivity index is 1.84. The van der Waals surface area contributed by atoms with Crippen LogP contribution in [0.25, 0.3) is 10.9 Å². The number of carbonyl (C=O) groups is 1. The van der Waals surface area contributed by atoms with E-state index in [-0.39, 0.29) is 23.1 Å². The first-order valence-corrected chi connectivity index (χ1v) is 9.24. The van der Waals surface area contributed by atoms with Crippen LogP contribution in [0.3, 0.4) is 0 Å². The first-order valence-electron chi connectivity index (χ1n) is 8.36. The number of pyridine rings is 1. The zero-order valence-electron chi connectivity index (χ0n) is 14.4. The second-order valence-electron chi connectivity index (χ2n) is 6.44. The molecule has 5 nitrogen and oxygen atoms in total. The fourth-order valence-electron chi connectivity index (χ4n) is 3.37. The van der Waals surface area contributed by atoms with Crippen molar-refractivity contribution in [2.75, 3.05) is 5.32 Å². The third-order valence-electron chi connectivity index (χ3n) is 4.76. The van der Waals surface area contributed by atoms with Gasteiger partial charge < -0.3 is 15.0 Å². The molecule has 0 saturated heterocycles. The molecule has 1 aliphatic heterocycles. The highest BCUT2D eigenvalue weighted by atomic mass is 32.2. The number of anilines is 1. The zero-order valence-corrected chi connectivity index (χ0v) is 15.2. The number of ketones is 1. The molecule has 132 valence electrons. The molecule has 2 N–H and O–H groups in total. The molecule has 2 aromatic carbocycles. The van der Waals surface area contributed by atoms with Gasteiger partial charge in [0.1, 0.15) is 11.3 Å². The molecule has 26 heavy (non-hydrogen) atoms. The summed E-state index contributed by atoms with van der Waals surface area (Å²) < 4.78 is 1.42. The van der Waals surface area contributed by atoms with Crippen LogP contribution in [0, 0.1) is 0 Å². The van der Waals surface area contributed by atoms with E-state index in [0.29, 0.717) is 10.9 Å². The molecule has 0 saturated carbocycles. The Bertz CT molecular complexity index is 1090. The van der Waals surface area contributed by atoms with Crippen LogP contribution in [0.4, 0.5) is 5.69 Å². The number of nitrogens with one attached hydrogen (secondary N) is 1. The minimum absolute atomic E-state index is 0.142. The van der Waals surface area contributed by atoms with Crippen LogP contribution in [0.2, 0.25) is 0 Å². The highest BCUT2D eigenvalue weighted by molar-refractivity contribution is 8.01. The van der Waals surface area contributed by atoms with Gasteiger partial charge in [-0.3, -0.25) is 9.59 Å². The van der Waals surface area contributed by atoms with E-state index in [1.807, 2.05) is 31.2 Å². The number of aryl methyl sites for hydroxylation is 1. The summed E-state index contributed by atoms with van der Waals surface area (Å²) in [6.07, 6.45) is 0. The standard InChI is InChI=1S/C20H18N2O3S/c1-11-19(26-15-10-6-4-8-13(15)21-11)18(24)16-17(23)12-7-3-5-9-14(12)22(2)20(16)25/h3-11,19,21,23H,1-2H3. The van der Waals surface area contributed by atoms with Gasteiger partial charge in [-0.05, 0) is 31.2 Å². The molecule has 0 amide bonds. The van der Waals surface area contributed by atoms with Crippen LogP contribution in [0.5, 0.6) is 5.75 Å². The number of nitrogens with zero attached hydrogens (tertiary/aromatic N) is 1. The summed E-state index contributed by atoms with van der Waals surface area (Å²) >= 11 is 1.43. The number of Topliss-reactive ketones (excluding diaryl/α,β-unsaturated/α-hetero) is 1. The van der Waals surface area contributed by atoms with Crippen molar-refractivity contribution in [2.24, 2.45) is 7.05 Å². The average Bonchev–Trinajstić information content (AvgIpc) is 2.65. The monoisotopic (exact) mass is 366 g/mol. The first-order chi connectivity index (χ1) is 12.5. The predicted octanol–water partition coefficient (Wildman–Crippen LogP) is 3.40. The zero-order chi connectivity index (χ0) is 18.4. The number of para-hydroxylation sites is 2. The highest BCUT2D eigenvalue weighted by Gasteiger charge is 2.35. The number of hydrogen-bond donors (Lipinski definition) is 2. The predicted molar refractivity (Wildman–Crippen MR) is 104 cm³/mol. The lowest BCUT2D eigenvalue weighted by Gasteiger charge is -2.31. The fraction of sp³-hybridized carbons (Fsp3) is 0.200. The molecule has 0 bridgehead atoms. The molecule has 2 atom stereocenters. The molecule has 4 rings (SSSR count). The van der Waals surface area contributed by atoms with E-state index in [4.69, 9.17) is 0 Å². The third kappa shape index (κ3) is 2.49. The second kappa shape index (κ2) is 6.21. The number of aromatic nitrogens is 1. The first kappa shape index (κ1) is 16.7. The Morgan fingerprint density at radius 1 is 1.15 bits per heavy atom. The Morgan fingerprint density at radius 2 is 1.85 bits per heavy atom. The third-order valence-corrected chi connectivity index (χ3v) is 6.25. The normalized spacial score (nSPS) is 19.0. The average molecular weight is 366 g/mol. The van der Waals surface area contributed by atoms with E-state index in [2.05, 4.69) is 5.32 Å². The van der Waals surface area contributed by atoms with Crippen molar-refractivity contribution in [3.05, 3.63) is 64.4 Å². The minimum Gasteiger partial charge on any atom is -0.506 e. The molecular formula is C20H18N2O3S. The molecule has 6 heteroatoms. The smallest absolute Gasteiger partial charge is 0.265 e. The van der Waals surface area contributed by atoms with E-state index in [9.17, 15) is 14.7 Å². The lowest BCUT2D eigenvalue weighted by atomic mass is 10.0. The molecule has 0 fully saturated rings. The lowest BCUT2D eigenvalue weighted by Crippen LogP contribution is -2.40. The van der Waals surface area contributed by atoms with Gasteiger partial charge in [0, 0.05) is 29.1 Å². The number of carbonyl (C=O) groups excluding carboxylic acids is 1. The van der Waals surface area contributed by atoms with E-state index < -0.39 is 10.8 Å². The van der Waals surface area contributed by atoms with Crippen molar-refractivity contribution in [2.45, 2.75) is 23.1 Å². The summed E-state index contributed by atoms with van der Waals surface area (Å²) in [6, 6.07) is 14.6. The van der Waals surface area contributed by atoms with Gasteiger partial charge in [-0.25, -0.2) is 0 Å². The van der Waals surface area contributed by atoms with Crippen molar-refractivity contribution in [3.8, 4) is 5.75 Å². The van der Waals surface area contributed by atoms with Crippen LogP contribution in [0.15, 0.2) is 58.2 Å². The molecule has 3 aromatic rings. The number of rotatable bonds is 2. The maximum Gasteiger partial charge on any atom is 0.265 e. The van der Waals surface area contributed by atoms with Crippen LogP contribution in [0.1, 0.15) is 17.3 Å². The Labute approximate surface area is 154 Å². The van der Waals surface area contributed by atoms with Crippen molar-refractivity contribution in [3.63, 3.8) is 0 Å². The molecule has 0 spiro atoms. The molecule has 2 heterocycles. The van der Waals surface area contributed by atoms with Crippen LogP contribution < -0.4 is 10.9 Å². The van der Waals surface area contributed by atoms with E-state index in [1.54, 1.807) is 31.3 Å². The molecular weight excluding hydrogens is 348 g/mol. The Kier molecular flexibility index (Phi) is 4.00. The second-order valence-corrected chi connectivity index (χ2v) is 7.62. The number of benzene rings is 2. The summed E-state index contributed by atoms with van der Waals surface area (Å²) in [7, 11) is 1.62. The SMILES string of the molecule is CC1Nc2ccccc2SC1C(=O)c1c(O)c2ccccc2n(C)c1=O. The van der Waals surface area contributed by atoms with Gasteiger partial charge in [-0.15, -0.1) is 11.8 Å². The maximum absolute atomic E-state index is 13.2. The van der Waals surface area contributed by atoms with E-state index >= 15 is 0 Å². The number of aromatic hydroxyl groups is 1. The summed E-state index contributed by atoms with van der Waals surface area (Å²) in [5.41, 5.74) is 0.957. The van der Waals surface area contributed by atoms with Crippen molar-refractivity contribution in [1.29, 1.82) is 0 Å². The Morgan fingerprint density at radius 3 is 2.65 bits per heavy atom. The number of thioether (sulfide) groups is 1. The molecule has 1 aromatic heterocycles. The van der Waals surface area contributed by atoms with Crippen LogP contribution in [-0.2, 0) is 7.05 Å². The van der Waals surface area contributed by atoms with Crippen molar-refractivity contribution in [1.82, 2.24) is 4.57 Å². The van der Waals surface area contributed by atoms with Gasteiger partial charge >= 0.3 is 0 Å². The van der Waals surface area contributed by atoms with Gasteiger partial charge in [0.2, 0.25) is 0 Å². The molecule has 1 aliphatic rings. The summed E-state index contributed by atoms with van der Waals surface area (Å²) in [5, 5.41) is 14.0. The van der Waals surface area contributed by atoms with Crippen LogP contribution in [-0.4, -0.2) is 26.7 Å². The van der Waals surface area contributed by atoms with Gasteiger partial charge in [-0.1, -0.05) is 24.3 Å². The fourth-order valence-corrected chi connectivity index (χ4v) is 4.55. The lowest BCUT2D eigenvalue weighted by molar-refractivity contribution is 0.0980. The molecule has 2 unspecified atom stereocenters. The number of fused-ring (bicyclic) bond motifs is 2. The van der Waals surface area contributed by atoms with Crippen molar-refractivity contribution < 1.29 is 9.90 Å². The van der Waals surface area contributed by atoms with E-state index in [1.165, 1.54) is 16.3 Å². The molecule has 0 radical (unpaired) electrons. The van der Waals surface area contributed by atoms with Gasteiger partial charge in [0.25, 0.3) is 5.56 Å². The summed E-state index contributed by atoms with van der Waals surface area (Å²) in [4.78, 5) is 27.0. The topological polar surface area (TPSA) is 71.3 Å². The summed E-state index contributed by atoms with van der Waals surface area (Å²) in [5.74, 6) is -0.589. The minimum atomic E-state index is -0.496. The maximum atomic E-state index is 13.2. The quantitative estimate of drug-likeness (QED) is 0.680.